The lowest BCUT2D eigenvalue weighted by Gasteiger charge is -2.66. The second kappa shape index (κ2) is 8.64. The van der Waals surface area contributed by atoms with E-state index in [0.717, 1.165) is 29.8 Å². The summed E-state index contributed by atoms with van der Waals surface area (Å²) in [6.45, 7) is 2.79. The first-order valence-electron chi connectivity index (χ1n) is 13.3. The summed E-state index contributed by atoms with van der Waals surface area (Å²) < 4.78 is 45.2. The molecule has 4 aliphatic rings. The molecule has 6 rings (SSSR count). The zero-order valence-electron chi connectivity index (χ0n) is 22.0. The molecule has 2 heterocycles. The van der Waals surface area contributed by atoms with Crippen molar-refractivity contribution in [1.82, 2.24) is 9.80 Å². The first-order valence-corrected chi connectivity index (χ1v) is 13.3. The second-order valence-electron chi connectivity index (χ2n) is 11.4. The molecule has 0 unspecified atom stereocenters. The van der Waals surface area contributed by atoms with Gasteiger partial charge in [0.25, 0.3) is 5.91 Å². The van der Waals surface area contributed by atoms with Crippen LogP contribution in [0.25, 0.3) is 0 Å². The molecule has 6 nitrogen and oxygen atoms in total. The van der Waals surface area contributed by atoms with Crippen LogP contribution in [-0.4, -0.2) is 70.3 Å². The molecular weight excluding hydrogens is 509 g/mol. The number of alkyl halides is 3. The summed E-state index contributed by atoms with van der Waals surface area (Å²) in [4.78, 5) is 17.1. The Balaban J connectivity index is 1.38. The highest BCUT2D eigenvalue weighted by Crippen LogP contribution is 2.67. The van der Waals surface area contributed by atoms with E-state index in [1.165, 1.54) is 12.1 Å². The van der Waals surface area contributed by atoms with Crippen molar-refractivity contribution in [3.05, 3.63) is 58.7 Å². The summed E-state index contributed by atoms with van der Waals surface area (Å²) >= 11 is 0. The number of benzene rings is 2. The molecule has 0 radical (unpaired) electrons. The van der Waals surface area contributed by atoms with Crippen molar-refractivity contribution in [3.8, 4) is 23.3 Å². The molecule has 9 heteroatoms. The number of amides is 1. The van der Waals surface area contributed by atoms with Crippen molar-refractivity contribution in [3.63, 3.8) is 0 Å². The predicted molar refractivity (Wildman–Crippen MR) is 137 cm³/mol. The Hall–Kier alpha value is -3.22. The maximum atomic E-state index is 13.3. The van der Waals surface area contributed by atoms with Gasteiger partial charge in [0, 0.05) is 30.1 Å². The van der Waals surface area contributed by atoms with E-state index in [2.05, 4.69) is 16.7 Å². The molecule has 1 saturated heterocycles. The van der Waals surface area contributed by atoms with Crippen molar-refractivity contribution in [2.45, 2.75) is 68.0 Å². The van der Waals surface area contributed by atoms with Gasteiger partial charge in [0.15, 0.2) is 11.5 Å². The van der Waals surface area contributed by atoms with Gasteiger partial charge >= 0.3 is 6.18 Å². The molecule has 6 atom stereocenters. The summed E-state index contributed by atoms with van der Waals surface area (Å²) in [5, 5.41) is 23.5. The lowest BCUT2D eigenvalue weighted by Crippen LogP contribution is -2.80. The van der Waals surface area contributed by atoms with Crippen LogP contribution in [0.3, 0.4) is 0 Å². The minimum absolute atomic E-state index is 0.0279. The van der Waals surface area contributed by atoms with Gasteiger partial charge in [-0.2, -0.15) is 13.2 Å². The minimum atomic E-state index is -4.45. The van der Waals surface area contributed by atoms with Crippen LogP contribution in [0.1, 0.15) is 48.4 Å². The highest BCUT2D eigenvalue weighted by molar-refractivity contribution is 5.94. The third-order valence-electron chi connectivity index (χ3n) is 9.76. The van der Waals surface area contributed by atoms with Crippen LogP contribution in [0, 0.1) is 17.8 Å². The molecule has 1 saturated carbocycles. The normalized spacial score (nSPS) is 32.5. The minimum Gasteiger partial charge on any atom is -0.504 e. The molecule has 2 aliphatic carbocycles. The number of aliphatic hydroxyl groups is 1. The van der Waals surface area contributed by atoms with Crippen LogP contribution in [-0.2, 0) is 22.8 Å². The third-order valence-corrected chi connectivity index (χ3v) is 9.76. The van der Waals surface area contributed by atoms with E-state index in [9.17, 15) is 28.2 Å². The number of nitrogens with zero attached hydrogens (tertiary/aromatic N) is 2. The number of aromatic hydroxyl groups is 1. The number of piperidine rings is 1. The first kappa shape index (κ1) is 26.0. The number of phenolic OH excluding ortho intramolecular Hbond substituents is 1. The maximum Gasteiger partial charge on any atom is 0.416 e. The Kier molecular flexibility index (Phi) is 5.76. The average molecular weight is 541 g/mol. The number of likely N-dealkylation sites (N-methyl/N-ethyl adjacent to an activating group) is 2. The van der Waals surface area contributed by atoms with Gasteiger partial charge in [-0.1, -0.05) is 25.3 Å². The summed E-state index contributed by atoms with van der Waals surface area (Å²) in [7, 11) is 3.70. The molecule has 39 heavy (non-hydrogen) atoms. The first-order chi connectivity index (χ1) is 18.4. The monoisotopic (exact) mass is 540 g/mol. The topological polar surface area (TPSA) is 73.2 Å². The lowest BCUT2D eigenvalue weighted by molar-refractivity contribution is -0.224. The van der Waals surface area contributed by atoms with E-state index in [4.69, 9.17) is 4.74 Å². The van der Waals surface area contributed by atoms with Gasteiger partial charge in [-0.15, -0.1) is 0 Å². The quantitative estimate of drug-likeness (QED) is 0.569. The molecule has 206 valence electrons. The maximum absolute atomic E-state index is 13.3. The number of likely N-dealkylation sites (tertiary alicyclic amines) is 1. The Labute approximate surface area is 225 Å². The molecular formula is C30H31F3N2O4. The predicted octanol–water partition coefficient (Wildman–Crippen LogP) is 3.71. The number of carbonyl (C=O) groups excluding carboxylic acids is 1. The molecule has 2 fully saturated rings. The Morgan fingerprint density at radius 2 is 1.95 bits per heavy atom. The van der Waals surface area contributed by atoms with Crippen molar-refractivity contribution in [2.75, 3.05) is 20.6 Å². The zero-order chi connectivity index (χ0) is 27.9. The van der Waals surface area contributed by atoms with E-state index in [-0.39, 0.29) is 17.7 Å². The summed E-state index contributed by atoms with van der Waals surface area (Å²) in [5.74, 6) is 5.09. The molecule has 2 bridgehead atoms. The van der Waals surface area contributed by atoms with Gasteiger partial charge in [0.2, 0.25) is 0 Å². The van der Waals surface area contributed by atoms with Crippen molar-refractivity contribution >= 4 is 5.91 Å². The number of hydrogen-bond donors (Lipinski definition) is 2. The third kappa shape index (κ3) is 3.47. The summed E-state index contributed by atoms with van der Waals surface area (Å²) in [6.07, 6.45) is -2.55. The highest BCUT2D eigenvalue weighted by atomic mass is 19.4. The summed E-state index contributed by atoms with van der Waals surface area (Å²) in [6, 6.07) is 7.39. The van der Waals surface area contributed by atoms with E-state index in [1.807, 2.05) is 20.0 Å². The smallest absolute Gasteiger partial charge is 0.416 e. The van der Waals surface area contributed by atoms with Crippen LogP contribution in [0.5, 0.6) is 11.5 Å². The number of phenols is 1. The fourth-order valence-corrected chi connectivity index (χ4v) is 7.90. The van der Waals surface area contributed by atoms with E-state index in [0.29, 0.717) is 37.0 Å². The largest absolute Gasteiger partial charge is 0.504 e. The van der Waals surface area contributed by atoms with Gasteiger partial charge in [-0.05, 0) is 74.7 Å². The number of ether oxygens (including phenoxy) is 1. The Bertz CT molecular complexity index is 1400. The van der Waals surface area contributed by atoms with Crippen molar-refractivity contribution in [2.24, 2.45) is 5.92 Å². The van der Waals surface area contributed by atoms with Gasteiger partial charge in [-0.3, -0.25) is 4.79 Å². The standard InChI is InChI=1S/C30H31F3N2O4/c1-4-19-16-21(35(3)24(37)12-7-17-5-9-20(10-6-17)30(31,32)33)27-28-13-14-34(2)23(29(19,28)38)15-18-8-11-22(36)26(39-27)25(18)28/h5-6,8-11,19,21,23,27,36,38H,4,13-16H2,1-3H3/t19-,21-,23+,27-,28-,29+/m0/s1. The van der Waals surface area contributed by atoms with Gasteiger partial charge in [0.05, 0.1) is 22.6 Å². The van der Waals surface area contributed by atoms with Crippen LogP contribution < -0.4 is 4.74 Å². The Morgan fingerprint density at radius 1 is 1.23 bits per heavy atom. The molecule has 0 aromatic heterocycles. The van der Waals surface area contributed by atoms with Crippen LogP contribution in [0.2, 0.25) is 0 Å². The number of hydrogen-bond acceptors (Lipinski definition) is 5. The van der Waals surface area contributed by atoms with Crippen molar-refractivity contribution in [1.29, 1.82) is 0 Å². The lowest BCUT2D eigenvalue weighted by atomic mass is 9.45. The Morgan fingerprint density at radius 3 is 2.62 bits per heavy atom. The van der Waals surface area contributed by atoms with Crippen LogP contribution >= 0.6 is 0 Å². The van der Waals surface area contributed by atoms with E-state index < -0.39 is 40.8 Å². The second-order valence-corrected chi connectivity index (χ2v) is 11.4. The zero-order valence-corrected chi connectivity index (χ0v) is 22.0. The molecule has 2 aromatic carbocycles. The fraction of sp³-hybridized carbons (Fsp3) is 0.500. The molecule has 2 N–H and O–H groups in total. The van der Waals surface area contributed by atoms with E-state index in [1.54, 1.807) is 18.0 Å². The number of halogens is 3. The van der Waals surface area contributed by atoms with Gasteiger partial charge in [0.1, 0.15) is 6.10 Å². The SMILES string of the molecule is CC[C@H]1C[C@H](N(C)C(=O)C#Cc2ccc(C(F)(F)F)cc2)[C@@H]2Oc3c(O)ccc4c3[C@@]23CCN(C)[C@H](C4)[C@]13O. The van der Waals surface area contributed by atoms with E-state index >= 15 is 0 Å². The van der Waals surface area contributed by atoms with Crippen LogP contribution in [0.15, 0.2) is 36.4 Å². The molecule has 2 aliphatic heterocycles. The molecule has 1 amide bonds. The number of rotatable bonds is 2. The van der Waals surface area contributed by atoms with Crippen molar-refractivity contribution < 1.29 is 32.9 Å². The highest BCUT2D eigenvalue weighted by Gasteiger charge is 2.75. The average Bonchev–Trinajstić information content (AvgIpc) is 3.26. The molecule has 1 spiro atoms. The van der Waals surface area contributed by atoms with Gasteiger partial charge in [-0.25, -0.2) is 0 Å². The van der Waals surface area contributed by atoms with Gasteiger partial charge < -0.3 is 24.7 Å². The van der Waals surface area contributed by atoms with Crippen LogP contribution in [0.4, 0.5) is 13.2 Å². The molecule has 2 aromatic rings. The summed E-state index contributed by atoms with van der Waals surface area (Å²) in [5.41, 5.74) is -0.432. The fourth-order valence-electron chi connectivity index (χ4n) is 7.90. The number of carbonyl (C=O) groups is 1.